The average molecular weight is 588 g/mol. The molecule has 0 fully saturated rings. The largest absolute Gasteiger partial charge is 0.324 e. The first-order chi connectivity index (χ1) is 19.7. The van der Waals surface area contributed by atoms with E-state index in [9.17, 15) is 0 Å². The van der Waals surface area contributed by atoms with Crippen LogP contribution in [-0.4, -0.2) is 20.7 Å². The lowest BCUT2D eigenvalue weighted by molar-refractivity contribution is 1.27. The molecule has 0 spiro atoms. The van der Waals surface area contributed by atoms with Gasteiger partial charge in [0.1, 0.15) is 0 Å². The van der Waals surface area contributed by atoms with Crippen LogP contribution in [0.4, 0.5) is 0 Å². The van der Waals surface area contributed by atoms with Gasteiger partial charge in [-0.2, -0.15) is 0 Å². The zero-order valence-electron chi connectivity index (χ0n) is 28.3. The topological polar surface area (TPSA) is 12.4 Å². The smallest absolute Gasteiger partial charge is 0.246 e. The van der Waals surface area contributed by atoms with E-state index in [1.807, 2.05) is 0 Å². The molecular weight excluding hydrogens is 539 g/mol. The molecule has 0 N–H and O–H groups in total. The maximum atomic E-state index is 6.15. The molecule has 3 heteroatoms. The monoisotopic (exact) mass is 587 g/mol. The molecule has 5 rings (SSSR count). The molecule has 0 amide bonds. The predicted molar refractivity (Wildman–Crippen MR) is 190 cm³/mol. The second-order valence-electron chi connectivity index (χ2n) is 13.5. The van der Waals surface area contributed by atoms with E-state index < -0.39 is 15.3 Å². The molecule has 1 heterocycles. The summed E-state index contributed by atoms with van der Waals surface area (Å²) in [5, 5.41) is 7.86. The van der Waals surface area contributed by atoms with Crippen molar-refractivity contribution in [1.82, 2.24) is 0 Å². The van der Waals surface area contributed by atoms with Crippen LogP contribution in [0.1, 0.15) is 80.1 Å². The highest BCUT2D eigenvalue weighted by Gasteiger charge is 2.71. The van der Waals surface area contributed by atoms with Crippen LogP contribution in [0.3, 0.4) is 0 Å². The highest BCUT2D eigenvalue weighted by molar-refractivity contribution is 7.72. The fraction of sp³-hybridized carbons (Fsp3) is 0.359. The molecule has 4 aromatic rings. The van der Waals surface area contributed by atoms with Crippen molar-refractivity contribution >= 4 is 41.4 Å². The number of aryl methyl sites for hydroxylation is 12. The first kappa shape index (κ1) is 30.4. The van der Waals surface area contributed by atoms with E-state index in [1.54, 1.807) is 20.7 Å². The van der Waals surface area contributed by atoms with E-state index in [2.05, 4.69) is 139 Å². The van der Waals surface area contributed by atoms with Gasteiger partial charge >= 0.3 is 0 Å². The van der Waals surface area contributed by atoms with E-state index in [1.165, 1.54) is 72.1 Å². The van der Waals surface area contributed by atoms with Crippen molar-refractivity contribution in [2.75, 3.05) is 0 Å². The lowest BCUT2D eigenvalue weighted by Crippen LogP contribution is -2.95. The van der Waals surface area contributed by atoms with Crippen molar-refractivity contribution in [2.45, 2.75) is 96.4 Å². The van der Waals surface area contributed by atoms with Crippen LogP contribution in [0.15, 0.2) is 53.2 Å². The van der Waals surface area contributed by atoms with Crippen molar-refractivity contribution in [1.29, 1.82) is 0 Å². The Morgan fingerprint density at radius 3 is 0.881 bits per heavy atom. The van der Waals surface area contributed by atoms with Crippen LogP contribution in [0.5, 0.6) is 0 Å². The van der Waals surface area contributed by atoms with Crippen molar-refractivity contribution in [2.24, 2.45) is 4.66 Å². The summed E-state index contributed by atoms with van der Waals surface area (Å²) in [5.41, 5.74) is 16.8. The van der Waals surface area contributed by atoms with Gasteiger partial charge in [0, 0.05) is 0 Å². The van der Waals surface area contributed by atoms with Gasteiger partial charge in [0.2, 0.25) is 7.75 Å². The Labute approximate surface area is 257 Å². The summed E-state index contributed by atoms with van der Waals surface area (Å²) in [6.45, 7) is 30.4. The standard InChI is InChI=1S/C39H49NSi2/c1-14-35-40-42(38-31(10)19-25(4)20-32(38)11,39-33(12)21-26(5)22-34(39)13)41(35,36-27(6)15-23(2)16-28(36)7)37-29(8)17-24(3)18-30(37)9/h15-22H,14H2,1-13H3. The van der Waals surface area contributed by atoms with Crippen LogP contribution >= 0.6 is 0 Å². The summed E-state index contributed by atoms with van der Waals surface area (Å²) >= 11 is 0. The second-order valence-corrected chi connectivity index (χ2v) is 23.6. The van der Waals surface area contributed by atoms with Gasteiger partial charge in [0.25, 0.3) is 0 Å². The van der Waals surface area contributed by atoms with E-state index in [0.29, 0.717) is 0 Å². The molecule has 0 saturated carbocycles. The zero-order valence-corrected chi connectivity index (χ0v) is 30.3. The van der Waals surface area contributed by atoms with Crippen LogP contribution in [0.2, 0.25) is 0 Å². The normalized spacial score (nSPS) is 15.4. The summed E-state index contributed by atoms with van der Waals surface area (Å²) < 4.78 is 6.15. The number of nitrogens with zero attached hydrogens (tertiary/aromatic N) is 1. The van der Waals surface area contributed by atoms with Crippen LogP contribution < -0.4 is 20.7 Å². The minimum Gasteiger partial charge on any atom is -0.324 e. The fourth-order valence-corrected chi connectivity index (χ4v) is 31.4. The Bertz CT molecular complexity index is 1580. The quantitative estimate of drug-likeness (QED) is 0.219. The molecule has 0 aliphatic carbocycles. The summed E-state index contributed by atoms with van der Waals surface area (Å²) in [4.78, 5) is 0. The Morgan fingerprint density at radius 2 is 0.643 bits per heavy atom. The molecule has 42 heavy (non-hydrogen) atoms. The fourth-order valence-electron chi connectivity index (χ4n) is 9.30. The van der Waals surface area contributed by atoms with Crippen molar-refractivity contribution in [3.05, 3.63) is 115 Å². The lowest BCUT2D eigenvalue weighted by Gasteiger charge is -2.57. The number of rotatable bonds is 5. The Hall–Kier alpha value is -3.02. The summed E-state index contributed by atoms with van der Waals surface area (Å²) in [7, 11) is -5.48. The number of benzene rings is 4. The maximum Gasteiger partial charge on any atom is 0.246 e. The molecule has 1 aliphatic rings. The molecule has 218 valence electrons. The lowest BCUT2D eigenvalue weighted by atomic mass is 10.1. The van der Waals surface area contributed by atoms with E-state index in [-0.39, 0.29) is 0 Å². The molecule has 0 radical (unpaired) electrons. The third-order valence-corrected chi connectivity index (χ3v) is 26.6. The predicted octanol–water partition coefficient (Wildman–Crippen LogP) is 7.19. The minimum absolute atomic E-state index is 0.994. The maximum absolute atomic E-state index is 6.15. The van der Waals surface area contributed by atoms with E-state index in [0.717, 1.165) is 6.42 Å². The third kappa shape index (κ3) is 4.18. The Balaban J connectivity index is 2.18. The molecule has 0 aromatic heterocycles. The summed E-state index contributed by atoms with van der Waals surface area (Å²) in [6, 6.07) is 19.5. The highest BCUT2D eigenvalue weighted by atomic mass is 29.3. The zero-order chi connectivity index (χ0) is 30.9. The van der Waals surface area contributed by atoms with Gasteiger partial charge in [-0.25, -0.2) is 0 Å². The first-order valence-corrected chi connectivity index (χ1v) is 20.6. The minimum atomic E-state index is -2.80. The van der Waals surface area contributed by atoms with E-state index in [4.69, 9.17) is 4.66 Å². The first-order valence-electron chi connectivity index (χ1n) is 15.6. The highest BCUT2D eigenvalue weighted by Crippen LogP contribution is 2.39. The molecule has 0 saturated heterocycles. The number of hydrogen-bond acceptors (Lipinski definition) is 1. The average Bonchev–Trinajstić information content (AvgIpc) is 2.83. The molecular formula is C39H49NSi2. The van der Waals surface area contributed by atoms with Crippen LogP contribution in [0.25, 0.3) is 0 Å². The van der Waals surface area contributed by atoms with Crippen LogP contribution in [-0.2, 0) is 0 Å². The summed E-state index contributed by atoms with van der Waals surface area (Å²) in [6.07, 6.45) is 0.994. The van der Waals surface area contributed by atoms with Gasteiger partial charge in [-0.1, -0.05) is 100.0 Å². The molecule has 0 unspecified atom stereocenters. The van der Waals surface area contributed by atoms with Crippen molar-refractivity contribution in [3.63, 3.8) is 0 Å². The second kappa shape index (κ2) is 10.6. The molecule has 0 atom stereocenters. The SMILES string of the molecule is CCC1=N[Si](c2c(C)cc(C)cc2C)(c2c(C)cc(C)cc2C)[Si]1(c1c(C)cc(C)cc1C)c1c(C)cc(C)cc1C. The van der Waals surface area contributed by atoms with Gasteiger partial charge in [0.15, 0.2) is 7.59 Å². The van der Waals surface area contributed by atoms with Crippen LogP contribution in [0, 0.1) is 83.1 Å². The van der Waals surface area contributed by atoms with Gasteiger partial charge < -0.3 is 4.66 Å². The molecule has 0 bridgehead atoms. The van der Waals surface area contributed by atoms with Crippen molar-refractivity contribution in [3.8, 4) is 0 Å². The Morgan fingerprint density at radius 1 is 0.405 bits per heavy atom. The van der Waals surface area contributed by atoms with Gasteiger partial charge in [-0.15, -0.1) is 0 Å². The summed E-state index contributed by atoms with van der Waals surface area (Å²) in [5.74, 6) is 0. The van der Waals surface area contributed by atoms with Gasteiger partial charge in [-0.3, -0.25) is 0 Å². The molecule has 4 aromatic carbocycles. The number of hydrogen-bond donors (Lipinski definition) is 0. The molecule has 1 aliphatic heterocycles. The Kier molecular flexibility index (Phi) is 7.69. The van der Waals surface area contributed by atoms with Gasteiger partial charge in [0.05, 0.1) is 0 Å². The molecule has 1 nitrogen and oxygen atoms in total. The third-order valence-electron chi connectivity index (χ3n) is 9.79. The van der Waals surface area contributed by atoms with E-state index >= 15 is 0 Å². The van der Waals surface area contributed by atoms with Crippen molar-refractivity contribution < 1.29 is 0 Å². The van der Waals surface area contributed by atoms with Gasteiger partial charge in [-0.05, 0) is 138 Å².